The van der Waals surface area contributed by atoms with Crippen molar-refractivity contribution in [3.05, 3.63) is 35.6 Å². The maximum atomic E-state index is 6.00. The summed E-state index contributed by atoms with van der Waals surface area (Å²) in [5, 5.41) is 3.36. The number of thiazole rings is 1. The largest absolute Gasteiger partial charge is 0.487 e. The maximum Gasteiger partial charge on any atom is 0.185 e. The second kappa shape index (κ2) is 6.45. The van der Waals surface area contributed by atoms with Crippen LogP contribution in [0.15, 0.2) is 29.9 Å². The van der Waals surface area contributed by atoms with Crippen molar-refractivity contribution in [2.24, 2.45) is 0 Å². The summed E-state index contributed by atoms with van der Waals surface area (Å²) >= 11 is 1.76. The van der Waals surface area contributed by atoms with Crippen molar-refractivity contribution in [2.75, 3.05) is 25.0 Å². The molecule has 23 heavy (non-hydrogen) atoms. The van der Waals surface area contributed by atoms with Crippen LogP contribution in [0.3, 0.4) is 0 Å². The molecule has 0 spiro atoms. The van der Waals surface area contributed by atoms with Crippen LogP contribution in [0.2, 0.25) is 0 Å². The normalized spacial score (nSPS) is 21.5. The van der Waals surface area contributed by atoms with E-state index in [2.05, 4.69) is 27.2 Å². The van der Waals surface area contributed by atoms with Gasteiger partial charge in [-0.25, -0.2) is 4.98 Å². The van der Waals surface area contributed by atoms with Gasteiger partial charge >= 0.3 is 0 Å². The molecule has 5 nitrogen and oxygen atoms in total. The van der Waals surface area contributed by atoms with Crippen molar-refractivity contribution in [3.8, 4) is 5.75 Å². The standard InChI is InChI=1S/C17H22N4OS/c1-20(14-4-5-14)17-19-13(12-23-17)10-21-8-6-16(11-21)22-15-3-2-7-18-9-15/h2-3,7,9,12,14,16H,4-6,8,10-11H2,1H3/t16-/m1/s1. The van der Waals surface area contributed by atoms with Crippen LogP contribution in [-0.4, -0.2) is 47.2 Å². The topological polar surface area (TPSA) is 41.5 Å². The summed E-state index contributed by atoms with van der Waals surface area (Å²) in [5.74, 6) is 0.862. The van der Waals surface area contributed by atoms with Gasteiger partial charge in [-0.2, -0.15) is 0 Å². The SMILES string of the molecule is CN(c1nc(CN2CC[C@@H](Oc3cccnc3)C2)cs1)C1CC1. The molecule has 1 saturated carbocycles. The molecule has 0 unspecified atom stereocenters. The van der Waals surface area contributed by atoms with Crippen LogP contribution >= 0.6 is 11.3 Å². The molecule has 2 aliphatic rings. The molecule has 1 aliphatic carbocycles. The molecule has 2 aromatic rings. The van der Waals surface area contributed by atoms with Gasteiger partial charge in [-0.3, -0.25) is 9.88 Å². The van der Waals surface area contributed by atoms with E-state index in [0.717, 1.165) is 43.0 Å². The van der Waals surface area contributed by atoms with E-state index in [0.29, 0.717) is 0 Å². The Bertz CT molecular complexity index is 643. The fraction of sp³-hybridized carbons (Fsp3) is 0.529. The summed E-state index contributed by atoms with van der Waals surface area (Å²) in [5.41, 5.74) is 1.18. The molecular formula is C17H22N4OS. The number of rotatable bonds is 6. The van der Waals surface area contributed by atoms with Gasteiger partial charge in [-0.1, -0.05) is 0 Å². The first kappa shape index (κ1) is 14.9. The Kier molecular flexibility index (Phi) is 4.18. The van der Waals surface area contributed by atoms with E-state index in [-0.39, 0.29) is 6.10 Å². The number of hydrogen-bond donors (Lipinski definition) is 0. The second-order valence-electron chi connectivity index (χ2n) is 6.42. The fourth-order valence-corrected chi connectivity index (χ4v) is 3.88. The number of likely N-dealkylation sites (tertiary alicyclic amines) is 1. The Morgan fingerprint density at radius 1 is 1.39 bits per heavy atom. The zero-order chi connectivity index (χ0) is 15.6. The van der Waals surface area contributed by atoms with Crippen LogP contribution in [0.1, 0.15) is 25.0 Å². The molecule has 2 fully saturated rings. The molecule has 1 atom stereocenters. The first-order valence-electron chi connectivity index (χ1n) is 8.24. The van der Waals surface area contributed by atoms with Gasteiger partial charge in [0, 0.05) is 44.3 Å². The van der Waals surface area contributed by atoms with Gasteiger partial charge in [0.2, 0.25) is 0 Å². The van der Waals surface area contributed by atoms with Crippen LogP contribution in [0, 0.1) is 0 Å². The summed E-state index contributed by atoms with van der Waals surface area (Å²) in [4.78, 5) is 13.6. The molecular weight excluding hydrogens is 308 g/mol. The van der Waals surface area contributed by atoms with Crippen LogP contribution in [-0.2, 0) is 6.54 Å². The number of nitrogens with zero attached hydrogens (tertiary/aromatic N) is 4. The van der Waals surface area contributed by atoms with Gasteiger partial charge in [0.25, 0.3) is 0 Å². The van der Waals surface area contributed by atoms with Crippen LogP contribution in [0.4, 0.5) is 5.13 Å². The van der Waals surface area contributed by atoms with Gasteiger partial charge in [0.15, 0.2) is 5.13 Å². The van der Waals surface area contributed by atoms with Crippen LogP contribution in [0.5, 0.6) is 5.75 Å². The van der Waals surface area contributed by atoms with Gasteiger partial charge in [0.05, 0.1) is 11.9 Å². The van der Waals surface area contributed by atoms with Gasteiger partial charge in [-0.05, 0) is 31.4 Å². The highest BCUT2D eigenvalue weighted by Crippen LogP contribution is 2.32. The molecule has 0 amide bonds. The lowest BCUT2D eigenvalue weighted by atomic mass is 10.3. The fourth-order valence-electron chi connectivity index (χ4n) is 3.02. The van der Waals surface area contributed by atoms with Gasteiger partial charge < -0.3 is 9.64 Å². The average molecular weight is 330 g/mol. The molecule has 1 saturated heterocycles. The molecule has 3 heterocycles. The van der Waals surface area contributed by atoms with E-state index >= 15 is 0 Å². The molecule has 1 aliphatic heterocycles. The molecule has 2 aromatic heterocycles. The van der Waals surface area contributed by atoms with Gasteiger partial charge in [-0.15, -0.1) is 11.3 Å². The summed E-state index contributed by atoms with van der Waals surface area (Å²) in [6, 6.07) is 4.60. The summed E-state index contributed by atoms with van der Waals surface area (Å²) in [7, 11) is 2.16. The van der Waals surface area contributed by atoms with E-state index < -0.39 is 0 Å². The monoisotopic (exact) mass is 330 g/mol. The Labute approximate surface area is 140 Å². The van der Waals surface area contributed by atoms with E-state index in [1.807, 2.05) is 12.1 Å². The lowest BCUT2D eigenvalue weighted by Crippen LogP contribution is -2.25. The predicted octanol–water partition coefficient (Wildman–Crippen LogP) is 2.79. The van der Waals surface area contributed by atoms with Crippen molar-refractivity contribution >= 4 is 16.5 Å². The van der Waals surface area contributed by atoms with Crippen molar-refractivity contribution in [1.29, 1.82) is 0 Å². The molecule has 4 rings (SSSR count). The van der Waals surface area contributed by atoms with Crippen molar-refractivity contribution in [2.45, 2.75) is 38.0 Å². The van der Waals surface area contributed by atoms with Crippen LogP contribution in [0.25, 0.3) is 0 Å². The third kappa shape index (κ3) is 3.64. The lowest BCUT2D eigenvalue weighted by Gasteiger charge is -2.16. The predicted molar refractivity (Wildman–Crippen MR) is 92.1 cm³/mol. The zero-order valence-electron chi connectivity index (χ0n) is 13.4. The van der Waals surface area contributed by atoms with E-state index in [9.17, 15) is 0 Å². The third-order valence-electron chi connectivity index (χ3n) is 4.49. The van der Waals surface area contributed by atoms with Crippen molar-refractivity contribution < 1.29 is 4.74 Å². The Hall–Kier alpha value is -1.66. The number of ether oxygens (including phenoxy) is 1. The van der Waals surface area contributed by atoms with Gasteiger partial charge in [0.1, 0.15) is 11.9 Å². The third-order valence-corrected chi connectivity index (χ3v) is 5.47. The molecule has 0 aromatic carbocycles. The Balaban J connectivity index is 1.30. The quantitative estimate of drug-likeness (QED) is 0.815. The zero-order valence-corrected chi connectivity index (χ0v) is 14.2. The Morgan fingerprint density at radius 2 is 2.30 bits per heavy atom. The minimum atomic E-state index is 0.256. The first-order chi connectivity index (χ1) is 11.3. The molecule has 122 valence electrons. The van der Waals surface area contributed by atoms with Crippen molar-refractivity contribution in [3.63, 3.8) is 0 Å². The molecule has 0 bridgehead atoms. The highest BCUT2D eigenvalue weighted by atomic mass is 32.1. The highest BCUT2D eigenvalue weighted by molar-refractivity contribution is 7.13. The average Bonchev–Trinajstić information content (AvgIpc) is 3.17. The summed E-state index contributed by atoms with van der Waals surface area (Å²) < 4.78 is 6.00. The minimum Gasteiger partial charge on any atom is -0.487 e. The highest BCUT2D eigenvalue weighted by Gasteiger charge is 2.29. The summed E-state index contributed by atoms with van der Waals surface area (Å²) in [6.07, 6.45) is 7.49. The van der Waals surface area contributed by atoms with E-state index in [4.69, 9.17) is 9.72 Å². The number of pyridine rings is 1. The Morgan fingerprint density at radius 3 is 3.09 bits per heavy atom. The smallest absolute Gasteiger partial charge is 0.185 e. The van der Waals surface area contributed by atoms with E-state index in [1.165, 1.54) is 18.5 Å². The summed E-state index contributed by atoms with van der Waals surface area (Å²) in [6.45, 7) is 2.94. The minimum absolute atomic E-state index is 0.256. The molecule has 0 radical (unpaired) electrons. The van der Waals surface area contributed by atoms with E-state index in [1.54, 1.807) is 23.7 Å². The maximum absolute atomic E-state index is 6.00. The lowest BCUT2D eigenvalue weighted by molar-refractivity contribution is 0.197. The van der Waals surface area contributed by atoms with Crippen LogP contribution < -0.4 is 9.64 Å². The number of anilines is 1. The number of aromatic nitrogens is 2. The second-order valence-corrected chi connectivity index (χ2v) is 7.25. The molecule has 6 heteroatoms. The van der Waals surface area contributed by atoms with Crippen molar-refractivity contribution in [1.82, 2.24) is 14.9 Å². The number of hydrogen-bond acceptors (Lipinski definition) is 6. The molecule has 0 N–H and O–H groups in total. The first-order valence-corrected chi connectivity index (χ1v) is 9.12.